The predicted molar refractivity (Wildman–Crippen MR) is 110 cm³/mol. The van der Waals surface area contributed by atoms with E-state index in [2.05, 4.69) is 38.2 Å². The summed E-state index contributed by atoms with van der Waals surface area (Å²) in [4.78, 5) is 0.399. The molecular formula is C22H30N2O2S. The minimum absolute atomic E-state index is 0.0397. The third kappa shape index (κ3) is 4.98. The van der Waals surface area contributed by atoms with Crippen molar-refractivity contribution in [2.75, 3.05) is 13.1 Å². The van der Waals surface area contributed by atoms with Gasteiger partial charge in [-0.05, 0) is 54.0 Å². The smallest absolute Gasteiger partial charge is 0.243 e. The van der Waals surface area contributed by atoms with Crippen molar-refractivity contribution in [3.63, 3.8) is 0 Å². The zero-order valence-corrected chi connectivity index (χ0v) is 17.3. The lowest BCUT2D eigenvalue weighted by Crippen LogP contribution is -2.43. The first-order chi connectivity index (χ1) is 12.8. The summed E-state index contributed by atoms with van der Waals surface area (Å²) >= 11 is 0. The molecule has 3 rings (SSSR count). The lowest BCUT2D eigenvalue weighted by molar-refractivity contribution is 0.187. The van der Waals surface area contributed by atoms with Crippen molar-refractivity contribution in [1.29, 1.82) is 0 Å². The molecular weight excluding hydrogens is 356 g/mol. The Kier molecular flexibility index (Phi) is 6.04. The van der Waals surface area contributed by atoms with Crippen LogP contribution in [0, 0.1) is 12.3 Å². The standard InChI is InChI=1S/C22H30N2O2S/c1-18-8-4-5-10-20(18)16-23-15-19-9-6-11-21(14-19)27(25,26)24-13-7-12-22(2,3)17-24/h4-6,8-11,14,23H,7,12-13,15-17H2,1-3H3. The number of benzene rings is 2. The second-order valence-electron chi connectivity index (χ2n) is 8.28. The topological polar surface area (TPSA) is 49.4 Å². The minimum atomic E-state index is -3.43. The highest BCUT2D eigenvalue weighted by Crippen LogP contribution is 2.31. The second-order valence-corrected chi connectivity index (χ2v) is 10.2. The van der Waals surface area contributed by atoms with Crippen LogP contribution in [0.4, 0.5) is 0 Å². The molecule has 0 radical (unpaired) electrons. The Hall–Kier alpha value is -1.69. The van der Waals surface area contributed by atoms with E-state index in [0.717, 1.165) is 24.9 Å². The van der Waals surface area contributed by atoms with Crippen molar-refractivity contribution in [3.8, 4) is 0 Å². The Morgan fingerprint density at radius 2 is 1.85 bits per heavy atom. The van der Waals surface area contributed by atoms with Crippen LogP contribution in [0.3, 0.4) is 0 Å². The number of sulfonamides is 1. The van der Waals surface area contributed by atoms with Crippen LogP contribution in [0.1, 0.15) is 43.4 Å². The van der Waals surface area contributed by atoms with Crippen molar-refractivity contribution in [2.45, 2.75) is 51.6 Å². The van der Waals surface area contributed by atoms with Crippen molar-refractivity contribution in [2.24, 2.45) is 5.41 Å². The van der Waals surface area contributed by atoms with Crippen LogP contribution in [-0.4, -0.2) is 25.8 Å². The van der Waals surface area contributed by atoms with E-state index in [1.54, 1.807) is 10.4 Å². The fourth-order valence-electron chi connectivity index (χ4n) is 3.69. The first-order valence-electron chi connectivity index (χ1n) is 9.62. The first kappa shape index (κ1) is 20.1. The van der Waals surface area contributed by atoms with Crippen molar-refractivity contribution >= 4 is 10.0 Å². The van der Waals surface area contributed by atoms with Gasteiger partial charge >= 0.3 is 0 Å². The molecule has 0 spiro atoms. The Labute approximate surface area is 163 Å². The van der Waals surface area contributed by atoms with Crippen molar-refractivity contribution < 1.29 is 8.42 Å². The van der Waals surface area contributed by atoms with Crippen molar-refractivity contribution in [3.05, 3.63) is 65.2 Å². The van der Waals surface area contributed by atoms with Crippen LogP contribution in [0.15, 0.2) is 53.4 Å². The van der Waals surface area contributed by atoms with Crippen LogP contribution in [0.25, 0.3) is 0 Å². The summed E-state index contributed by atoms with van der Waals surface area (Å²) in [6, 6.07) is 15.6. The molecule has 4 nitrogen and oxygen atoms in total. The summed E-state index contributed by atoms with van der Waals surface area (Å²) in [7, 11) is -3.43. The lowest BCUT2D eigenvalue weighted by Gasteiger charge is -2.37. The number of hydrogen-bond donors (Lipinski definition) is 1. The molecule has 0 amide bonds. The van der Waals surface area contributed by atoms with Gasteiger partial charge in [-0.3, -0.25) is 0 Å². The molecule has 146 valence electrons. The monoisotopic (exact) mass is 386 g/mol. The van der Waals surface area contributed by atoms with Crippen LogP contribution >= 0.6 is 0 Å². The minimum Gasteiger partial charge on any atom is -0.309 e. The summed E-state index contributed by atoms with van der Waals surface area (Å²) in [6.45, 7) is 8.99. The summed E-state index contributed by atoms with van der Waals surface area (Å²) in [5.41, 5.74) is 3.55. The Morgan fingerprint density at radius 1 is 1.07 bits per heavy atom. The van der Waals surface area contributed by atoms with Gasteiger partial charge in [0.25, 0.3) is 0 Å². The molecule has 1 heterocycles. The van der Waals surface area contributed by atoms with Gasteiger partial charge in [0, 0.05) is 26.2 Å². The third-order valence-corrected chi connectivity index (χ3v) is 7.15. The van der Waals surface area contributed by atoms with Gasteiger partial charge in [-0.15, -0.1) is 0 Å². The van der Waals surface area contributed by atoms with E-state index < -0.39 is 10.0 Å². The van der Waals surface area contributed by atoms with E-state index in [4.69, 9.17) is 0 Å². The molecule has 1 aliphatic heterocycles. The fourth-order valence-corrected chi connectivity index (χ4v) is 5.43. The molecule has 0 bridgehead atoms. The molecule has 5 heteroatoms. The Balaban J connectivity index is 1.68. The van der Waals surface area contributed by atoms with Gasteiger partial charge in [0.05, 0.1) is 4.90 Å². The summed E-state index contributed by atoms with van der Waals surface area (Å²) in [5, 5.41) is 3.42. The number of piperidine rings is 1. The number of rotatable bonds is 6. The van der Waals surface area contributed by atoms with Gasteiger partial charge in [-0.2, -0.15) is 4.31 Å². The quantitative estimate of drug-likeness (QED) is 0.813. The normalized spacial score (nSPS) is 17.7. The largest absolute Gasteiger partial charge is 0.309 e. The highest BCUT2D eigenvalue weighted by Gasteiger charge is 2.34. The van der Waals surface area contributed by atoms with Crippen LogP contribution < -0.4 is 5.32 Å². The summed E-state index contributed by atoms with van der Waals surface area (Å²) in [6.07, 6.45) is 1.99. The van der Waals surface area contributed by atoms with Crippen LogP contribution in [-0.2, 0) is 23.1 Å². The average Bonchev–Trinajstić information content (AvgIpc) is 2.63. The molecule has 2 aromatic carbocycles. The number of hydrogen-bond acceptors (Lipinski definition) is 3. The molecule has 1 N–H and O–H groups in total. The van der Waals surface area contributed by atoms with Gasteiger partial charge in [-0.25, -0.2) is 8.42 Å². The second kappa shape index (κ2) is 8.13. The van der Waals surface area contributed by atoms with Gasteiger partial charge in [0.1, 0.15) is 0 Å². The fraction of sp³-hybridized carbons (Fsp3) is 0.455. The molecule has 27 heavy (non-hydrogen) atoms. The maximum atomic E-state index is 13.1. The van der Waals surface area contributed by atoms with Gasteiger partial charge in [0.2, 0.25) is 10.0 Å². The highest BCUT2D eigenvalue weighted by molar-refractivity contribution is 7.89. The predicted octanol–water partition coefficient (Wildman–Crippen LogP) is 4.10. The molecule has 1 fully saturated rings. The zero-order valence-electron chi connectivity index (χ0n) is 16.5. The van der Waals surface area contributed by atoms with Gasteiger partial charge in [-0.1, -0.05) is 50.2 Å². The molecule has 1 aliphatic rings. The van der Waals surface area contributed by atoms with E-state index in [1.807, 2.05) is 30.3 Å². The first-order valence-corrected chi connectivity index (χ1v) is 11.1. The van der Waals surface area contributed by atoms with E-state index in [1.165, 1.54) is 11.1 Å². The molecule has 0 atom stereocenters. The van der Waals surface area contributed by atoms with Crippen LogP contribution in [0.5, 0.6) is 0 Å². The van der Waals surface area contributed by atoms with Gasteiger partial charge < -0.3 is 5.32 Å². The summed E-state index contributed by atoms with van der Waals surface area (Å²) in [5.74, 6) is 0. The maximum absolute atomic E-state index is 13.1. The molecule has 2 aromatic rings. The van der Waals surface area contributed by atoms with E-state index in [0.29, 0.717) is 24.5 Å². The third-order valence-electron chi connectivity index (χ3n) is 5.31. The van der Waals surface area contributed by atoms with E-state index in [9.17, 15) is 8.42 Å². The van der Waals surface area contributed by atoms with Crippen LogP contribution in [0.2, 0.25) is 0 Å². The summed E-state index contributed by atoms with van der Waals surface area (Å²) < 4.78 is 27.8. The number of aryl methyl sites for hydroxylation is 1. The number of nitrogens with one attached hydrogen (secondary N) is 1. The Morgan fingerprint density at radius 3 is 2.59 bits per heavy atom. The highest BCUT2D eigenvalue weighted by atomic mass is 32.2. The lowest BCUT2D eigenvalue weighted by atomic mass is 9.85. The maximum Gasteiger partial charge on any atom is 0.243 e. The van der Waals surface area contributed by atoms with Gasteiger partial charge in [0.15, 0.2) is 0 Å². The SMILES string of the molecule is Cc1ccccc1CNCc1cccc(S(=O)(=O)N2CCCC(C)(C)C2)c1. The van der Waals surface area contributed by atoms with Crippen molar-refractivity contribution in [1.82, 2.24) is 9.62 Å². The zero-order chi connectivity index (χ0) is 19.5. The number of nitrogens with zero attached hydrogens (tertiary/aromatic N) is 1. The average molecular weight is 387 g/mol. The van der Waals surface area contributed by atoms with E-state index >= 15 is 0 Å². The van der Waals surface area contributed by atoms with E-state index in [-0.39, 0.29) is 5.41 Å². The molecule has 1 saturated heterocycles. The Bertz CT molecular complexity index is 891. The molecule has 0 unspecified atom stereocenters. The molecule has 0 aromatic heterocycles. The molecule has 0 aliphatic carbocycles. The molecule has 0 saturated carbocycles.